The molecule has 0 bridgehead atoms. The van der Waals surface area contributed by atoms with Gasteiger partial charge in [-0.2, -0.15) is 96.6 Å². The molecule has 0 radical (unpaired) electrons. The van der Waals surface area contributed by atoms with Gasteiger partial charge < -0.3 is 10.6 Å². The van der Waals surface area contributed by atoms with Crippen molar-refractivity contribution in [3.05, 3.63) is 70.8 Å². The topological polar surface area (TPSA) is 58.2 Å². The monoisotopic (exact) mass is 804 g/mol. The first kappa shape index (κ1) is 44.0. The molecule has 0 aromatic heterocycles. The molecule has 294 valence electrons. The second-order valence-corrected chi connectivity index (χ2v) is 10.4. The summed E-state index contributed by atoms with van der Waals surface area (Å²) in [6.45, 7) is -2.01. The summed E-state index contributed by atoms with van der Waals surface area (Å²) < 4.78 is 294. The van der Waals surface area contributed by atoms with Crippen molar-refractivity contribution in [2.24, 2.45) is 0 Å². The van der Waals surface area contributed by atoms with Gasteiger partial charge in [0.2, 0.25) is 0 Å². The zero-order valence-electron chi connectivity index (χ0n) is 24.2. The van der Waals surface area contributed by atoms with Crippen molar-refractivity contribution in [1.82, 2.24) is 10.6 Å². The molecule has 0 aliphatic heterocycles. The molecule has 2 aromatic rings. The molecular formula is C26H14F22N2O2. The minimum absolute atomic E-state index is 0.0538. The highest BCUT2D eigenvalue weighted by Crippen LogP contribution is 2.65. The molecule has 0 fully saturated rings. The third-order valence-corrected chi connectivity index (χ3v) is 6.78. The van der Waals surface area contributed by atoms with E-state index < -0.39 is 95.8 Å². The Balaban J connectivity index is 2.26. The Bertz CT molecular complexity index is 1610. The van der Waals surface area contributed by atoms with E-state index in [1.807, 2.05) is 0 Å². The lowest BCUT2D eigenvalue weighted by Crippen LogP contribution is -2.76. The van der Waals surface area contributed by atoms with Crippen molar-refractivity contribution in [3.63, 3.8) is 0 Å². The van der Waals surface area contributed by atoms with Crippen LogP contribution in [-0.2, 0) is 24.1 Å². The van der Waals surface area contributed by atoms with Gasteiger partial charge in [-0.15, -0.1) is 0 Å². The molecule has 2 rings (SSSR count). The summed E-state index contributed by atoms with van der Waals surface area (Å²) >= 11 is 0. The summed E-state index contributed by atoms with van der Waals surface area (Å²) in [5, 5.41) is 2.84. The molecule has 52 heavy (non-hydrogen) atoms. The van der Waals surface area contributed by atoms with Gasteiger partial charge in [0, 0.05) is 18.7 Å². The number of amides is 2. The Morgan fingerprint density at radius 2 is 0.865 bits per heavy atom. The van der Waals surface area contributed by atoms with Gasteiger partial charge in [0.1, 0.15) is 0 Å². The summed E-state index contributed by atoms with van der Waals surface area (Å²) in [5.41, 5.74) is -2.04. The van der Waals surface area contributed by atoms with E-state index in [0.29, 0.717) is 29.6 Å². The molecule has 0 saturated heterocycles. The number of hydrogen-bond acceptors (Lipinski definition) is 2. The molecule has 0 aliphatic rings. The van der Waals surface area contributed by atoms with Crippen LogP contribution in [-0.4, -0.2) is 65.4 Å². The van der Waals surface area contributed by atoms with E-state index in [4.69, 9.17) is 0 Å². The lowest BCUT2D eigenvalue weighted by atomic mass is 9.87. The van der Waals surface area contributed by atoms with Crippen LogP contribution >= 0.6 is 0 Å². The van der Waals surface area contributed by atoms with Crippen LogP contribution in [0.3, 0.4) is 0 Å². The number of benzene rings is 2. The van der Waals surface area contributed by atoms with Crippen molar-refractivity contribution in [3.8, 4) is 0 Å². The van der Waals surface area contributed by atoms with E-state index in [2.05, 4.69) is 5.32 Å². The van der Waals surface area contributed by atoms with Crippen LogP contribution in [0, 0.1) is 0 Å². The fourth-order valence-corrected chi connectivity index (χ4v) is 3.71. The first-order valence-electron chi connectivity index (χ1n) is 12.9. The number of alkyl halides is 22. The first-order valence-corrected chi connectivity index (χ1v) is 12.9. The Kier molecular flexibility index (Phi) is 11.3. The summed E-state index contributed by atoms with van der Waals surface area (Å²) in [4.78, 5) is 23.9. The van der Waals surface area contributed by atoms with E-state index in [1.165, 1.54) is 6.07 Å². The van der Waals surface area contributed by atoms with Gasteiger partial charge in [-0.3, -0.25) is 9.59 Å². The van der Waals surface area contributed by atoms with E-state index >= 15 is 0 Å². The van der Waals surface area contributed by atoms with Crippen molar-refractivity contribution in [2.45, 2.75) is 72.8 Å². The Labute approximate surface area is 273 Å². The molecule has 4 nitrogen and oxygen atoms in total. The maximum atomic E-state index is 14.1. The van der Waals surface area contributed by atoms with Crippen molar-refractivity contribution >= 4 is 11.8 Å². The van der Waals surface area contributed by atoms with Gasteiger partial charge in [0.15, 0.2) is 0 Å². The minimum Gasteiger partial charge on any atom is -0.348 e. The molecule has 26 heteroatoms. The normalized spacial score (nSPS) is 14.7. The number of hydrogen-bond donors (Lipinski definition) is 2. The fraction of sp³-hybridized carbons (Fsp3) is 0.462. The number of nitrogens with one attached hydrogen (secondary N) is 2. The molecule has 0 aliphatic carbocycles. The third kappa shape index (κ3) is 7.11. The Morgan fingerprint density at radius 1 is 0.462 bits per heavy atom. The van der Waals surface area contributed by atoms with Gasteiger partial charge in [0.25, 0.3) is 11.8 Å². The third-order valence-electron chi connectivity index (χ3n) is 6.78. The molecule has 0 unspecified atom stereocenters. The van der Waals surface area contributed by atoms with E-state index in [1.54, 1.807) is 0 Å². The van der Waals surface area contributed by atoms with Crippen LogP contribution in [0.15, 0.2) is 48.5 Å². The predicted molar refractivity (Wildman–Crippen MR) is 127 cm³/mol. The molecule has 0 heterocycles. The van der Waals surface area contributed by atoms with Crippen LogP contribution in [0.4, 0.5) is 96.6 Å². The van der Waals surface area contributed by atoms with Crippen LogP contribution in [0.5, 0.6) is 0 Å². The van der Waals surface area contributed by atoms with Crippen molar-refractivity contribution < 1.29 is 106 Å². The lowest BCUT2D eigenvalue weighted by Gasteiger charge is -2.43. The maximum Gasteiger partial charge on any atom is 0.460 e. The molecule has 0 saturated carbocycles. The van der Waals surface area contributed by atoms with E-state index in [0.717, 1.165) is 18.2 Å². The summed E-state index contributed by atoms with van der Waals surface area (Å²) in [5.74, 6) is -73.9. The van der Waals surface area contributed by atoms with Gasteiger partial charge in [-0.25, -0.2) is 0 Å². The second-order valence-electron chi connectivity index (χ2n) is 10.4. The van der Waals surface area contributed by atoms with Crippen LogP contribution in [0.1, 0.15) is 27.0 Å². The first-order chi connectivity index (χ1) is 23.0. The molecule has 2 aromatic carbocycles. The molecule has 2 N–H and O–H groups in total. The Hall–Kier alpha value is -4.16. The quantitative estimate of drug-likeness (QED) is 0.199. The largest absolute Gasteiger partial charge is 0.460 e. The Morgan fingerprint density at radius 3 is 1.29 bits per heavy atom. The van der Waals surface area contributed by atoms with Gasteiger partial charge in [0.05, 0.1) is 5.56 Å². The minimum atomic E-state index is -9.13. The average molecular weight is 804 g/mol. The number of halogens is 22. The molecule has 2 amide bonds. The number of carbonyl (C=O) groups excluding carboxylic acids is 2. The number of rotatable bonds is 13. The zero-order chi connectivity index (χ0) is 40.9. The standard InChI is InChI=1S/C26H14F22N2O2/c27-17(28,19(32,33)20(34,35)21(36,37)22(38,39)23(40,41)24(42,43)25(44,45)26(46,47)48)16(52)50-9-11-4-6-13(7-5-11)15(51)49-10-12-2-1-3-14(8-12)18(29,30)31/h1-8H,9-10H2,(H,49,51)(H,50,52). The van der Waals surface area contributed by atoms with Crippen molar-refractivity contribution in [2.75, 3.05) is 0 Å². The average Bonchev–Trinajstić information content (AvgIpc) is 3.01. The highest BCUT2D eigenvalue weighted by Gasteiger charge is 2.97. The summed E-state index contributed by atoms with van der Waals surface area (Å²) in [6.07, 6.45) is -12.7. The molecule has 0 spiro atoms. The molecule has 0 atom stereocenters. The highest BCUT2D eigenvalue weighted by molar-refractivity contribution is 5.94. The van der Waals surface area contributed by atoms with E-state index in [9.17, 15) is 106 Å². The fourth-order valence-electron chi connectivity index (χ4n) is 3.71. The number of carbonyl (C=O) groups is 2. The van der Waals surface area contributed by atoms with Gasteiger partial charge >= 0.3 is 59.7 Å². The van der Waals surface area contributed by atoms with Gasteiger partial charge in [-0.05, 0) is 35.4 Å². The predicted octanol–water partition coefficient (Wildman–Crippen LogP) is 8.90. The molecular weight excluding hydrogens is 790 g/mol. The van der Waals surface area contributed by atoms with Crippen LogP contribution in [0.25, 0.3) is 0 Å². The second kappa shape index (κ2) is 13.4. The summed E-state index contributed by atoms with van der Waals surface area (Å²) in [7, 11) is 0. The van der Waals surface area contributed by atoms with Crippen LogP contribution < -0.4 is 10.6 Å². The SMILES string of the molecule is O=C(NCc1cccc(C(F)(F)F)c1)c1ccc(CNC(=O)C(F)(F)C(F)(F)C(F)(F)C(F)(F)C(F)(F)C(F)(F)C(F)(F)C(F)(F)C(F)(F)F)cc1. The smallest absolute Gasteiger partial charge is 0.348 e. The van der Waals surface area contributed by atoms with Crippen LogP contribution in [0.2, 0.25) is 0 Å². The summed E-state index contributed by atoms with van der Waals surface area (Å²) in [6, 6.07) is 6.48. The zero-order valence-corrected chi connectivity index (χ0v) is 24.2. The van der Waals surface area contributed by atoms with E-state index in [-0.39, 0.29) is 11.1 Å². The van der Waals surface area contributed by atoms with Crippen molar-refractivity contribution in [1.29, 1.82) is 0 Å². The van der Waals surface area contributed by atoms with Gasteiger partial charge in [-0.1, -0.05) is 24.3 Å². The maximum absolute atomic E-state index is 14.1. The highest BCUT2D eigenvalue weighted by atomic mass is 19.4. The lowest BCUT2D eigenvalue weighted by molar-refractivity contribution is -0.467.